The first-order valence-corrected chi connectivity index (χ1v) is 6.72. The number of para-hydroxylation sites is 1. The molecule has 0 saturated heterocycles. The Morgan fingerprint density at radius 2 is 2.11 bits per heavy atom. The smallest absolute Gasteiger partial charge is 0.325 e. The lowest BCUT2D eigenvalue weighted by atomic mass is 9.89. The van der Waals surface area contributed by atoms with Gasteiger partial charge in [0.25, 0.3) is 0 Å². The Morgan fingerprint density at radius 1 is 1.33 bits per heavy atom. The van der Waals surface area contributed by atoms with E-state index in [2.05, 4.69) is 12.2 Å². The van der Waals surface area contributed by atoms with Gasteiger partial charge in [0.15, 0.2) is 0 Å². The molecule has 1 N–H and O–H groups in total. The van der Waals surface area contributed by atoms with Crippen molar-refractivity contribution in [3.8, 4) is 0 Å². The van der Waals surface area contributed by atoms with E-state index in [0.717, 1.165) is 18.5 Å². The second-order valence-corrected chi connectivity index (χ2v) is 5.10. The van der Waals surface area contributed by atoms with Crippen LogP contribution in [0.3, 0.4) is 0 Å². The lowest BCUT2D eigenvalue weighted by Crippen LogP contribution is -2.27. The van der Waals surface area contributed by atoms with Crippen LogP contribution in [0.25, 0.3) is 0 Å². The average Bonchev–Trinajstić information content (AvgIpc) is 2.38. The summed E-state index contributed by atoms with van der Waals surface area (Å²) in [6.07, 6.45) is 4.58. The second kappa shape index (κ2) is 6.43. The van der Waals surface area contributed by atoms with Crippen molar-refractivity contribution in [3.63, 3.8) is 0 Å². The highest BCUT2D eigenvalue weighted by atomic mass is 16.5. The fourth-order valence-electron chi connectivity index (χ4n) is 2.44. The number of carbonyl (C=O) groups excluding carboxylic acids is 1. The van der Waals surface area contributed by atoms with Crippen LogP contribution in [0.5, 0.6) is 0 Å². The molecule has 3 heteroatoms. The van der Waals surface area contributed by atoms with E-state index in [1.807, 2.05) is 30.3 Å². The molecule has 2 atom stereocenters. The van der Waals surface area contributed by atoms with E-state index in [1.54, 1.807) is 0 Å². The monoisotopic (exact) mass is 247 g/mol. The van der Waals surface area contributed by atoms with Crippen LogP contribution in [-0.4, -0.2) is 18.6 Å². The highest BCUT2D eigenvalue weighted by Gasteiger charge is 2.21. The molecule has 0 aliphatic heterocycles. The molecule has 18 heavy (non-hydrogen) atoms. The molecule has 2 unspecified atom stereocenters. The first-order chi connectivity index (χ1) is 8.74. The van der Waals surface area contributed by atoms with Gasteiger partial charge < -0.3 is 10.1 Å². The molecule has 3 nitrogen and oxygen atoms in total. The molecule has 0 aromatic heterocycles. The molecule has 1 saturated carbocycles. The maximum atomic E-state index is 11.7. The van der Waals surface area contributed by atoms with Crippen LogP contribution in [0.1, 0.15) is 32.6 Å². The Balaban J connectivity index is 1.72. The van der Waals surface area contributed by atoms with Gasteiger partial charge in [-0.15, -0.1) is 0 Å². The zero-order valence-electron chi connectivity index (χ0n) is 10.9. The van der Waals surface area contributed by atoms with Gasteiger partial charge in [0.2, 0.25) is 0 Å². The Kier molecular flexibility index (Phi) is 4.62. The summed E-state index contributed by atoms with van der Waals surface area (Å²) in [4.78, 5) is 11.7. The van der Waals surface area contributed by atoms with Gasteiger partial charge in [-0.3, -0.25) is 4.79 Å². The Bertz CT molecular complexity index is 377. The van der Waals surface area contributed by atoms with E-state index < -0.39 is 0 Å². The molecule has 0 radical (unpaired) electrons. The molecule has 1 aliphatic rings. The fourth-order valence-corrected chi connectivity index (χ4v) is 2.44. The van der Waals surface area contributed by atoms with Crippen molar-refractivity contribution in [1.29, 1.82) is 0 Å². The van der Waals surface area contributed by atoms with Crippen molar-refractivity contribution in [1.82, 2.24) is 0 Å². The molecular formula is C15H21NO2. The molecule has 1 fully saturated rings. The summed E-state index contributed by atoms with van der Waals surface area (Å²) < 4.78 is 5.48. The number of carbonyl (C=O) groups is 1. The van der Waals surface area contributed by atoms with Crippen molar-refractivity contribution in [3.05, 3.63) is 30.3 Å². The quantitative estimate of drug-likeness (QED) is 0.830. The normalized spacial score (nSPS) is 23.4. The third-order valence-electron chi connectivity index (χ3n) is 3.40. The van der Waals surface area contributed by atoms with Crippen LogP contribution < -0.4 is 5.32 Å². The van der Waals surface area contributed by atoms with E-state index in [-0.39, 0.29) is 18.6 Å². The molecule has 0 amide bonds. The van der Waals surface area contributed by atoms with Crippen molar-refractivity contribution in [2.75, 3.05) is 11.9 Å². The van der Waals surface area contributed by atoms with Gasteiger partial charge in [-0.2, -0.15) is 0 Å². The van der Waals surface area contributed by atoms with Gasteiger partial charge in [-0.1, -0.05) is 31.5 Å². The number of esters is 1. The van der Waals surface area contributed by atoms with Crippen molar-refractivity contribution >= 4 is 11.7 Å². The highest BCUT2D eigenvalue weighted by molar-refractivity contribution is 5.75. The molecular weight excluding hydrogens is 226 g/mol. The first-order valence-electron chi connectivity index (χ1n) is 6.72. The predicted molar refractivity (Wildman–Crippen MR) is 72.4 cm³/mol. The van der Waals surface area contributed by atoms with Crippen LogP contribution in [0.2, 0.25) is 0 Å². The highest BCUT2D eigenvalue weighted by Crippen LogP contribution is 2.25. The maximum Gasteiger partial charge on any atom is 0.325 e. The van der Waals surface area contributed by atoms with E-state index in [4.69, 9.17) is 4.74 Å². The average molecular weight is 247 g/mol. The largest absolute Gasteiger partial charge is 0.461 e. The Morgan fingerprint density at radius 3 is 2.83 bits per heavy atom. The Hall–Kier alpha value is -1.51. The summed E-state index contributed by atoms with van der Waals surface area (Å²) in [5, 5.41) is 3.07. The van der Waals surface area contributed by atoms with Crippen LogP contribution in [0, 0.1) is 5.92 Å². The van der Waals surface area contributed by atoms with Crippen molar-refractivity contribution in [2.45, 2.75) is 38.7 Å². The molecule has 0 bridgehead atoms. The summed E-state index contributed by atoms with van der Waals surface area (Å²) in [5.41, 5.74) is 0.950. The van der Waals surface area contributed by atoms with Gasteiger partial charge in [-0.25, -0.2) is 0 Å². The summed E-state index contributed by atoms with van der Waals surface area (Å²) in [7, 11) is 0. The van der Waals surface area contributed by atoms with Crippen LogP contribution in [-0.2, 0) is 9.53 Å². The fraction of sp³-hybridized carbons (Fsp3) is 0.533. The van der Waals surface area contributed by atoms with Gasteiger partial charge >= 0.3 is 5.97 Å². The molecule has 98 valence electrons. The summed E-state index contributed by atoms with van der Waals surface area (Å²) in [6, 6.07) is 9.71. The first kappa shape index (κ1) is 12.9. The summed E-state index contributed by atoms with van der Waals surface area (Å²) in [6.45, 7) is 2.47. The van der Waals surface area contributed by atoms with Gasteiger partial charge in [0.05, 0.1) is 0 Å². The number of hydrogen-bond acceptors (Lipinski definition) is 3. The molecule has 1 aromatic carbocycles. The SMILES string of the molecule is CC1CCCC(OC(=O)CNc2ccccc2)C1. The third-order valence-corrected chi connectivity index (χ3v) is 3.40. The van der Waals surface area contributed by atoms with Crippen molar-refractivity contribution < 1.29 is 9.53 Å². The number of nitrogens with one attached hydrogen (secondary N) is 1. The minimum absolute atomic E-state index is 0.124. The lowest BCUT2D eigenvalue weighted by molar-refractivity contribution is -0.148. The van der Waals surface area contributed by atoms with Crippen LogP contribution >= 0.6 is 0 Å². The topological polar surface area (TPSA) is 38.3 Å². The Labute approximate surface area is 109 Å². The van der Waals surface area contributed by atoms with E-state index in [1.165, 1.54) is 12.8 Å². The van der Waals surface area contributed by atoms with Gasteiger partial charge in [-0.05, 0) is 37.3 Å². The van der Waals surface area contributed by atoms with Gasteiger partial charge in [0, 0.05) is 5.69 Å². The minimum atomic E-state index is -0.155. The van der Waals surface area contributed by atoms with Crippen molar-refractivity contribution in [2.24, 2.45) is 5.92 Å². The summed E-state index contributed by atoms with van der Waals surface area (Å²) >= 11 is 0. The molecule has 1 aromatic rings. The van der Waals surface area contributed by atoms with Gasteiger partial charge in [0.1, 0.15) is 12.6 Å². The maximum absolute atomic E-state index is 11.7. The number of hydrogen-bond donors (Lipinski definition) is 1. The zero-order chi connectivity index (χ0) is 12.8. The number of rotatable bonds is 4. The van der Waals surface area contributed by atoms with E-state index >= 15 is 0 Å². The minimum Gasteiger partial charge on any atom is -0.461 e. The van der Waals surface area contributed by atoms with Crippen LogP contribution in [0.15, 0.2) is 30.3 Å². The second-order valence-electron chi connectivity index (χ2n) is 5.10. The third kappa shape index (κ3) is 4.06. The van der Waals surface area contributed by atoms with E-state index in [0.29, 0.717) is 5.92 Å². The molecule has 0 heterocycles. The van der Waals surface area contributed by atoms with Crippen LogP contribution in [0.4, 0.5) is 5.69 Å². The summed E-state index contributed by atoms with van der Waals surface area (Å²) in [5.74, 6) is 0.525. The standard InChI is InChI=1S/C15H21NO2/c1-12-6-5-9-14(10-12)18-15(17)11-16-13-7-3-2-4-8-13/h2-4,7-8,12,14,16H,5-6,9-11H2,1H3. The molecule has 0 spiro atoms. The predicted octanol–water partition coefficient (Wildman–Crippen LogP) is 3.22. The number of benzene rings is 1. The zero-order valence-corrected chi connectivity index (χ0v) is 10.9. The molecule has 1 aliphatic carbocycles. The number of ether oxygens (including phenoxy) is 1. The number of anilines is 1. The van der Waals surface area contributed by atoms with E-state index in [9.17, 15) is 4.79 Å². The lowest BCUT2D eigenvalue weighted by Gasteiger charge is -2.26. The molecule has 2 rings (SSSR count).